The van der Waals surface area contributed by atoms with Gasteiger partial charge in [-0.3, -0.25) is 4.79 Å². The third kappa shape index (κ3) is 2.14. The number of carbonyl (C=O) groups is 1. The van der Waals surface area contributed by atoms with Gasteiger partial charge in [-0.15, -0.1) is 0 Å². The molecule has 0 radical (unpaired) electrons. The second kappa shape index (κ2) is 4.88. The molecule has 108 valence electrons. The molecule has 3 rings (SSSR count). The van der Waals surface area contributed by atoms with Gasteiger partial charge < -0.3 is 10.6 Å². The molecule has 1 amide bonds. The molecule has 0 spiro atoms. The van der Waals surface area contributed by atoms with Crippen molar-refractivity contribution in [3.63, 3.8) is 0 Å². The molecular weight excluding hydrogens is 248 g/mol. The number of hydrogen-bond acceptors (Lipinski definition) is 2. The summed E-state index contributed by atoms with van der Waals surface area (Å²) in [5, 5.41) is 0. The van der Waals surface area contributed by atoms with Crippen molar-refractivity contribution < 1.29 is 4.79 Å². The Kier molecular flexibility index (Phi) is 3.33. The van der Waals surface area contributed by atoms with Gasteiger partial charge in [0.15, 0.2) is 0 Å². The van der Waals surface area contributed by atoms with E-state index in [9.17, 15) is 4.79 Å². The van der Waals surface area contributed by atoms with Crippen LogP contribution in [-0.4, -0.2) is 29.9 Å². The first-order chi connectivity index (χ1) is 9.50. The highest BCUT2D eigenvalue weighted by Crippen LogP contribution is 2.39. The van der Waals surface area contributed by atoms with Gasteiger partial charge in [-0.05, 0) is 44.1 Å². The Morgan fingerprint density at radius 1 is 1.20 bits per heavy atom. The van der Waals surface area contributed by atoms with E-state index in [1.165, 1.54) is 6.42 Å². The van der Waals surface area contributed by atoms with Gasteiger partial charge in [0.1, 0.15) is 0 Å². The van der Waals surface area contributed by atoms with Gasteiger partial charge in [-0.1, -0.05) is 30.3 Å². The Morgan fingerprint density at radius 3 is 2.55 bits per heavy atom. The van der Waals surface area contributed by atoms with Crippen LogP contribution in [0.3, 0.4) is 0 Å². The molecule has 1 heterocycles. The number of nitrogens with two attached hydrogens (primary N) is 1. The van der Waals surface area contributed by atoms with Crippen molar-refractivity contribution in [2.45, 2.75) is 38.1 Å². The molecule has 2 fully saturated rings. The normalized spacial score (nSPS) is 29.6. The molecule has 1 aliphatic carbocycles. The Morgan fingerprint density at radius 2 is 1.90 bits per heavy atom. The highest BCUT2D eigenvalue weighted by molar-refractivity contribution is 5.87. The second-order valence-corrected chi connectivity index (χ2v) is 6.87. The standard InChI is InChI=1S/C17H24N2O/c1-17(2,13-6-4-3-5-7-13)16(20)19-10-12-8-9-15(18)14(12)11-19/h3-7,12,14-15H,8-11,18H2,1-2H3. The lowest BCUT2D eigenvalue weighted by Gasteiger charge is -2.30. The Bertz CT molecular complexity index is 497. The largest absolute Gasteiger partial charge is 0.341 e. The minimum absolute atomic E-state index is 0.241. The van der Waals surface area contributed by atoms with E-state index in [0.29, 0.717) is 11.8 Å². The van der Waals surface area contributed by atoms with E-state index in [-0.39, 0.29) is 11.9 Å². The molecule has 0 aromatic heterocycles. The zero-order valence-corrected chi connectivity index (χ0v) is 12.4. The number of carbonyl (C=O) groups excluding carboxylic acids is 1. The number of fused-ring (bicyclic) bond motifs is 1. The van der Waals surface area contributed by atoms with Crippen molar-refractivity contribution in [1.82, 2.24) is 4.90 Å². The number of amides is 1. The number of likely N-dealkylation sites (tertiary alicyclic amines) is 1. The van der Waals surface area contributed by atoms with E-state index in [2.05, 4.69) is 0 Å². The van der Waals surface area contributed by atoms with Crippen LogP contribution in [0.15, 0.2) is 30.3 Å². The van der Waals surface area contributed by atoms with E-state index in [4.69, 9.17) is 5.73 Å². The molecule has 2 N–H and O–H groups in total. The van der Waals surface area contributed by atoms with Crippen LogP contribution in [0.1, 0.15) is 32.3 Å². The second-order valence-electron chi connectivity index (χ2n) is 6.87. The maximum absolute atomic E-state index is 12.9. The molecule has 3 heteroatoms. The number of rotatable bonds is 2. The van der Waals surface area contributed by atoms with Crippen LogP contribution in [0.5, 0.6) is 0 Å². The van der Waals surface area contributed by atoms with Crippen LogP contribution in [0.2, 0.25) is 0 Å². The summed E-state index contributed by atoms with van der Waals surface area (Å²) in [6.07, 6.45) is 2.31. The highest BCUT2D eigenvalue weighted by Gasteiger charge is 2.45. The fourth-order valence-corrected chi connectivity index (χ4v) is 3.85. The highest BCUT2D eigenvalue weighted by atomic mass is 16.2. The summed E-state index contributed by atoms with van der Waals surface area (Å²) in [7, 11) is 0. The summed E-state index contributed by atoms with van der Waals surface area (Å²) in [5.41, 5.74) is 6.80. The fourth-order valence-electron chi connectivity index (χ4n) is 3.85. The summed E-state index contributed by atoms with van der Waals surface area (Å²) < 4.78 is 0. The lowest BCUT2D eigenvalue weighted by molar-refractivity contribution is -0.135. The SMILES string of the molecule is CC(C)(C(=O)N1CC2CCC(N)C2C1)c1ccccc1. The zero-order chi connectivity index (χ0) is 14.3. The summed E-state index contributed by atoms with van der Waals surface area (Å²) in [6.45, 7) is 5.80. The molecule has 2 aliphatic rings. The molecular formula is C17H24N2O. The first-order valence-electron chi connectivity index (χ1n) is 7.60. The lowest BCUT2D eigenvalue weighted by Crippen LogP contribution is -2.43. The van der Waals surface area contributed by atoms with Crippen molar-refractivity contribution in [3.8, 4) is 0 Å². The molecule has 1 aliphatic heterocycles. The smallest absolute Gasteiger partial charge is 0.232 e. The number of nitrogens with zero attached hydrogens (tertiary/aromatic N) is 1. The average Bonchev–Trinajstić information content (AvgIpc) is 3.01. The Hall–Kier alpha value is -1.35. The number of hydrogen-bond donors (Lipinski definition) is 1. The van der Waals surface area contributed by atoms with E-state index in [1.807, 2.05) is 49.1 Å². The van der Waals surface area contributed by atoms with Gasteiger partial charge in [0.25, 0.3) is 0 Å². The van der Waals surface area contributed by atoms with Crippen LogP contribution in [-0.2, 0) is 10.2 Å². The van der Waals surface area contributed by atoms with Crippen LogP contribution in [0.25, 0.3) is 0 Å². The van der Waals surface area contributed by atoms with Gasteiger partial charge in [0.2, 0.25) is 5.91 Å². The quantitative estimate of drug-likeness (QED) is 0.897. The Balaban J connectivity index is 1.77. The molecule has 3 unspecified atom stereocenters. The predicted molar refractivity (Wildman–Crippen MR) is 80.2 cm³/mol. The molecule has 1 aromatic rings. The summed E-state index contributed by atoms with van der Waals surface area (Å²) in [5.74, 6) is 1.39. The molecule has 3 nitrogen and oxygen atoms in total. The predicted octanol–water partition coefficient (Wildman–Crippen LogP) is 2.16. The maximum atomic E-state index is 12.9. The van der Waals surface area contributed by atoms with Gasteiger partial charge in [-0.25, -0.2) is 0 Å². The molecule has 1 saturated carbocycles. The lowest BCUT2D eigenvalue weighted by atomic mass is 9.83. The van der Waals surface area contributed by atoms with Gasteiger partial charge in [0, 0.05) is 19.1 Å². The average molecular weight is 272 g/mol. The van der Waals surface area contributed by atoms with Crippen molar-refractivity contribution in [3.05, 3.63) is 35.9 Å². The third-order valence-corrected chi connectivity index (χ3v) is 5.23. The monoisotopic (exact) mass is 272 g/mol. The third-order valence-electron chi connectivity index (χ3n) is 5.23. The van der Waals surface area contributed by atoms with E-state index in [0.717, 1.165) is 25.1 Å². The Labute approximate surface area is 121 Å². The van der Waals surface area contributed by atoms with Crippen LogP contribution >= 0.6 is 0 Å². The summed E-state index contributed by atoms with van der Waals surface area (Å²) >= 11 is 0. The van der Waals surface area contributed by atoms with Crippen LogP contribution < -0.4 is 5.73 Å². The van der Waals surface area contributed by atoms with Gasteiger partial charge >= 0.3 is 0 Å². The molecule has 1 saturated heterocycles. The van der Waals surface area contributed by atoms with Crippen LogP contribution in [0, 0.1) is 11.8 Å². The van der Waals surface area contributed by atoms with Crippen molar-refractivity contribution in [2.24, 2.45) is 17.6 Å². The van der Waals surface area contributed by atoms with E-state index in [1.54, 1.807) is 0 Å². The maximum Gasteiger partial charge on any atom is 0.232 e. The van der Waals surface area contributed by atoms with E-state index < -0.39 is 5.41 Å². The van der Waals surface area contributed by atoms with Crippen molar-refractivity contribution in [2.75, 3.05) is 13.1 Å². The minimum Gasteiger partial charge on any atom is -0.341 e. The fraction of sp³-hybridized carbons (Fsp3) is 0.588. The molecule has 20 heavy (non-hydrogen) atoms. The summed E-state index contributed by atoms with van der Waals surface area (Å²) in [6, 6.07) is 10.4. The van der Waals surface area contributed by atoms with E-state index >= 15 is 0 Å². The molecule has 3 atom stereocenters. The molecule has 1 aromatic carbocycles. The summed E-state index contributed by atoms with van der Waals surface area (Å²) in [4.78, 5) is 14.9. The minimum atomic E-state index is -0.454. The first kappa shape index (κ1) is 13.6. The van der Waals surface area contributed by atoms with Crippen molar-refractivity contribution >= 4 is 5.91 Å². The van der Waals surface area contributed by atoms with Crippen molar-refractivity contribution in [1.29, 1.82) is 0 Å². The first-order valence-corrected chi connectivity index (χ1v) is 7.60. The zero-order valence-electron chi connectivity index (χ0n) is 12.4. The topological polar surface area (TPSA) is 46.3 Å². The van der Waals surface area contributed by atoms with Gasteiger partial charge in [-0.2, -0.15) is 0 Å². The molecule has 0 bridgehead atoms. The van der Waals surface area contributed by atoms with Gasteiger partial charge in [0.05, 0.1) is 5.41 Å². The van der Waals surface area contributed by atoms with Crippen LogP contribution in [0.4, 0.5) is 0 Å². The number of benzene rings is 1.